The van der Waals surface area contributed by atoms with E-state index in [-0.39, 0.29) is 19.4 Å². The number of aryl methyl sites for hydroxylation is 2. The van der Waals surface area contributed by atoms with E-state index < -0.39 is 30.5 Å². The second-order valence-electron chi connectivity index (χ2n) is 10.1. The molecule has 8 heteroatoms. The van der Waals surface area contributed by atoms with Crippen LogP contribution in [0, 0.1) is 6.92 Å². The molecule has 3 aromatic rings. The van der Waals surface area contributed by atoms with Crippen molar-refractivity contribution in [1.82, 2.24) is 9.55 Å². The monoisotopic (exact) mass is 483 g/mol. The molecule has 0 spiro atoms. The number of hydrogen-bond donors (Lipinski definition) is 1. The summed E-state index contributed by atoms with van der Waals surface area (Å²) in [6.45, 7) is 3.68. The summed E-state index contributed by atoms with van der Waals surface area (Å²) in [4.78, 5) is 19.5. The van der Waals surface area contributed by atoms with Gasteiger partial charge in [-0.15, -0.1) is 0 Å². The quantitative estimate of drug-likeness (QED) is 0.545. The highest BCUT2D eigenvalue weighted by molar-refractivity contribution is 5.86. The number of carbonyl (C=O) groups is 1. The maximum Gasteiger partial charge on any atom is 0.311 e. The third kappa shape index (κ3) is 4.40. The Kier molecular flexibility index (Phi) is 6.03. The van der Waals surface area contributed by atoms with E-state index in [0.29, 0.717) is 17.4 Å². The zero-order valence-corrected chi connectivity index (χ0v) is 20.3. The van der Waals surface area contributed by atoms with Gasteiger partial charge in [0.15, 0.2) is 0 Å². The van der Waals surface area contributed by atoms with Gasteiger partial charge in [0.05, 0.1) is 29.6 Å². The van der Waals surface area contributed by atoms with E-state index in [1.165, 1.54) is 0 Å². The normalized spacial score (nSPS) is 22.7. The number of anilines is 1. The molecule has 0 amide bonds. The molecule has 35 heavy (non-hydrogen) atoms. The molecule has 2 aliphatic heterocycles. The first-order chi connectivity index (χ1) is 16.6. The van der Waals surface area contributed by atoms with Crippen molar-refractivity contribution in [3.05, 3.63) is 58.9 Å². The van der Waals surface area contributed by atoms with E-state index in [1.54, 1.807) is 0 Å². The largest absolute Gasteiger partial charge is 0.481 e. The van der Waals surface area contributed by atoms with Crippen molar-refractivity contribution < 1.29 is 23.4 Å². The van der Waals surface area contributed by atoms with Gasteiger partial charge in [0, 0.05) is 37.2 Å². The number of carboxylic acid groups (broad SMARTS) is 1. The minimum Gasteiger partial charge on any atom is -0.481 e. The third-order valence-electron chi connectivity index (χ3n) is 7.56. The highest BCUT2D eigenvalue weighted by Gasteiger charge is 2.40. The zero-order chi connectivity index (χ0) is 24.9. The maximum absolute atomic E-state index is 14.4. The van der Waals surface area contributed by atoms with Gasteiger partial charge in [-0.1, -0.05) is 29.8 Å². The third-order valence-corrected chi connectivity index (χ3v) is 7.56. The van der Waals surface area contributed by atoms with Crippen LogP contribution in [0.5, 0.6) is 0 Å². The Morgan fingerprint density at radius 1 is 1.26 bits per heavy atom. The van der Waals surface area contributed by atoms with Gasteiger partial charge in [0.1, 0.15) is 12.4 Å². The van der Waals surface area contributed by atoms with E-state index in [4.69, 9.17) is 9.72 Å². The Morgan fingerprint density at radius 2 is 2.00 bits per heavy atom. The first kappa shape index (κ1) is 23.7. The summed E-state index contributed by atoms with van der Waals surface area (Å²) in [5.41, 5.74) is 5.43. The van der Waals surface area contributed by atoms with Gasteiger partial charge in [0.25, 0.3) is 5.92 Å². The lowest BCUT2D eigenvalue weighted by Gasteiger charge is -2.34. The Bertz CT molecular complexity index is 1250. The maximum atomic E-state index is 14.4. The summed E-state index contributed by atoms with van der Waals surface area (Å²) < 4.78 is 35.9. The Balaban J connectivity index is 1.65. The molecular weight excluding hydrogens is 452 g/mol. The SMILES string of the molecule is Cc1ccc(C(Cc2nc3c4c(ccc3n2C2COCC(F)(F)C2)N(C)C(C)CC4)C(=O)O)cc1. The molecule has 3 atom stereocenters. The van der Waals surface area contributed by atoms with Crippen LogP contribution in [-0.2, 0) is 22.4 Å². The Hall–Kier alpha value is -3.00. The number of aromatic nitrogens is 2. The predicted octanol–water partition coefficient (Wildman–Crippen LogP) is 5.12. The van der Waals surface area contributed by atoms with Crippen LogP contribution in [-0.4, -0.2) is 52.9 Å². The standard InChI is InChI=1S/C27H31F2N3O3/c1-16-4-7-18(8-5-16)21(26(33)34)12-24-30-25-20-9-6-17(2)31(3)22(20)10-11-23(25)32(24)19-13-27(28,29)15-35-14-19/h4-5,7-8,10-11,17,19,21H,6,9,12-15H2,1-3H3,(H,33,34). The minimum atomic E-state index is -2.94. The Labute approximate surface area is 203 Å². The fraction of sp³-hybridized carbons (Fsp3) is 0.481. The highest BCUT2D eigenvalue weighted by atomic mass is 19.3. The number of imidazole rings is 1. The van der Waals surface area contributed by atoms with Gasteiger partial charge in [0.2, 0.25) is 0 Å². The number of rotatable bonds is 5. The van der Waals surface area contributed by atoms with Crippen molar-refractivity contribution in [2.45, 2.75) is 63.5 Å². The first-order valence-electron chi connectivity index (χ1n) is 12.1. The van der Waals surface area contributed by atoms with Crippen molar-refractivity contribution in [2.24, 2.45) is 0 Å². The van der Waals surface area contributed by atoms with Crippen LogP contribution in [0.4, 0.5) is 14.5 Å². The molecule has 1 fully saturated rings. The second-order valence-corrected chi connectivity index (χ2v) is 10.1. The number of hydrogen-bond acceptors (Lipinski definition) is 4. The summed E-state index contributed by atoms with van der Waals surface area (Å²) >= 11 is 0. The van der Waals surface area contributed by atoms with Crippen LogP contribution in [0.25, 0.3) is 11.0 Å². The summed E-state index contributed by atoms with van der Waals surface area (Å²) in [6, 6.07) is 11.1. The first-order valence-corrected chi connectivity index (χ1v) is 12.1. The van der Waals surface area contributed by atoms with E-state index in [1.807, 2.05) is 47.9 Å². The molecule has 0 radical (unpaired) electrons. The number of fused-ring (bicyclic) bond motifs is 3. The topological polar surface area (TPSA) is 67.6 Å². The smallest absolute Gasteiger partial charge is 0.311 e. The molecular formula is C27H31F2N3O3. The van der Waals surface area contributed by atoms with E-state index in [9.17, 15) is 18.7 Å². The number of alkyl halides is 2. The molecule has 0 bridgehead atoms. The number of carboxylic acids is 1. The number of benzene rings is 2. The predicted molar refractivity (Wildman–Crippen MR) is 131 cm³/mol. The average molecular weight is 484 g/mol. The van der Waals surface area contributed by atoms with Crippen molar-refractivity contribution in [3.63, 3.8) is 0 Å². The average Bonchev–Trinajstić information content (AvgIpc) is 3.18. The summed E-state index contributed by atoms with van der Waals surface area (Å²) in [6.07, 6.45) is 1.56. The lowest BCUT2D eigenvalue weighted by atomic mass is 9.94. The fourth-order valence-corrected chi connectivity index (χ4v) is 5.47. The molecule has 5 rings (SSSR count). The van der Waals surface area contributed by atoms with Gasteiger partial charge >= 0.3 is 5.97 Å². The summed E-state index contributed by atoms with van der Waals surface area (Å²) in [7, 11) is 2.06. The lowest BCUT2D eigenvalue weighted by molar-refractivity contribution is -0.139. The van der Waals surface area contributed by atoms with Gasteiger partial charge < -0.3 is 19.3 Å². The second kappa shape index (κ2) is 8.90. The van der Waals surface area contributed by atoms with Crippen LogP contribution in [0.2, 0.25) is 0 Å². The highest BCUT2D eigenvalue weighted by Crippen LogP contribution is 2.40. The van der Waals surface area contributed by atoms with Crippen molar-refractivity contribution in [3.8, 4) is 0 Å². The van der Waals surface area contributed by atoms with Gasteiger partial charge in [-0.05, 0) is 44.4 Å². The molecule has 3 heterocycles. The van der Waals surface area contributed by atoms with Crippen molar-refractivity contribution >= 4 is 22.7 Å². The molecule has 1 aromatic heterocycles. The van der Waals surface area contributed by atoms with Gasteiger partial charge in [-0.25, -0.2) is 13.8 Å². The molecule has 0 saturated carbocycles. The van der Waals surface area contributed by atoms with Crippen LogP contribution in [0.3, 0.4) is 0 Å². The molecule has 2 aromatic carbocycles. The van der Waals surface area contributed by atoms with Crippen LogP contribution in [0.1, 0.15) is 54.2 Å². The van der Waals surface area contributed by atoms with E-state index >= 15 is 0 Å². The molecule has 3 unspecified atom stereocenters. The van der Waals surface area contributed by atoms with Crippen molar-refractivity contribution in [1.29, 1.82) is 0 Å². The van der Waals surface area contributed by atoms with Crippen LogP contribution in [0.15, 0.2) is 36.4 Å². The molecule has 0 aliphatic carbocycles. The van der Waals surface area contributed by atoms with Gasteiger partial charge in [-0.2, -0.15) is 0 Å². The zero-order valence-electron chi connectivity index (χ0n) is 20.3. The van der Waals surface area contributed by atoms with Crippen molar-refractivity contribution in [2.75, 3.05) is 25.2 Å². The molecule has 2 aliphatic rings. The molecule has 186 valence electrons. The van der Waals surface area contributed by atoms with Crippen LogP contribution < -0.4 is 4.90 Å². The fourth-order valence-electron chi connectivity index (χ4n) is 5.47. The number of ether oxygens (including phenoxy) is 1. The summed E-state index contributed by atoms with van der Waals surface area (Å²) in [5, 5.41) is 10.1. The molecule has 6 nitrogen and oxygen atoms in total. The van der Waals surface area contributed by atoms with E-state index in [2.05, 4.69) is 18.9 Å². The Morgan fingerprint density at radius 3 is 2.69 bits per heavy atom. The minimum absolute atomic E-state index is 0.107. The summed E-state index contributed by atoms with van der Waals surface area (Å²) in [5.74, 6) is -4.24. The number of aliphatic carboxylic acids is 1. The van der Waals surface area contributed by atoms with E-state index in [0.717, 1.165) is 40.7 Å². The lowest BCUT2D eigenvalue weighted by Crippen LogP contribution is -2.37. The van der Waals surface area contributed by atoms with Gasteiger partial charge in [-0.3, -0.25) is 4.79 Å². The molecule has 1 saturated heterocycles. The number of nitrogens with zero attached hydrogens (tertiary/aromatic N) is 3. The van der Waals surface area contributed by atoms with Crippen LogP contribution >= 0.6 is 0 Å². The number of halogens is 2. The molecule has 1 N–H and O–H groups in total.